The number of carbonyl (C=O) groups excluding carboxylic acids is 1. The van der Waals surface area contributed by atoms with Crippen LogP contribution in [0.15, 0.2) is 16.5 Å². The quantitative estimate of drug-likeness (QED) is 0.537. The van der Waals surface area contributed by atoms with Gasteiger partial charge in [-0.25, -0.2) is 0 Å². The highest BCUT2D eigenvalue weighted by atomic mass is 32.2. The molecule has 0 spiro atoms. The van der Waals surface area contributed by atoms with E-state index in [2.05, 4.69) is 0 Å². The topological polar surface area (TPSA) is 89.5 Å². The molecule has 0 aliphatic heterocycles. The molecule has 0 bridgehead atoms. The number of thiocyanates is 1. The molecule has 1 aromatic heterocycles. The van der Waals surface area contributed by atoms with Gasteiger partial charge in [0.25, 0.3) is 0 Å². The third-order valence-electron chi connectivity index (χ3n) is 2.00. The number of hydrogen-bond donors (Lipinski definition) is 0. The number of nitrogens with zero attached hydrogens (tertiary/aromatic N) is 1. The average Bonchev–Trinajstić information content (AvgIpc) is 2.84. The molecule has 0 unspecified atom stereocenters. The summed E-state index contributed by atoms with van der Waals surface area (Å²) in [6, 6.07) is 2.96. The summed E-state index contributed by atoms with van der Waals surface area (Å²) >= 11 is 0.983. The zero-order valence-corrected chi connectivity index (χ0v) is 12.3. The molecule has 104 valence electrons. The number of furan rings is 1. The van der Waals surface area contributed by atoms with E-state index in [-0.39, 0.29) is 19.0 Å². The summed E-state index contributed by atoms with van der Waals surface area (Å²) in [7, 11) is -3.85. The van der Waals surface area contributed by atoms with Gasteiger partial charge in [0.2, 0.25) is 0 Å². The van der Waals surface area contributed by atoms with Crippen molar-refractivity contribution in [2.75, 3.05) is 13.2 Å². The van der Waals surface area contributed by atoms with Gasteiger partial charge in [-0.2, -0.15) is 5.26 Å². The molecule has 0 amide bonds. The maximum Gasteiger partial charge on any atom is 0.404 e. The van der Waals surface area contributed by atoms with E-state index in [0.717, 1.165) is 11.8 Å². The molecule has 6 nitrogen and oxygen atoms in total. The maximum absolute atomic E-state index is 12.2. The molecular formula is C11H14NO5PS. The molecule has 0 fully saturated rings. The molecule has 0 atom stereocenters. The van der Waals surface area contributed by atoms with Gasteiger partial charge in [0.05, 0.1) is 19.0 Å². The van der Waals surface area contributed by atoms with Crippen molar-refractivity contribution >= 4 is 24.9 Å². The van der Waals surface area contributed by atoms with E-state index < -0.39 is 13.1 Å². The van der Waals surface area contributed by atoms with Crippen molar-refractivity contribution in [1.29, 1.82) is 5.26 Å². The van der Waals surface area contributed by atoms with Gasteiger partial charge in [-0.05, 0) is 37.7 Å². The molecule has 8 heteroatoms. The Morgan fingerprint density at radius 1 is 1.42 bits per heavy atom. The minimum atomic E-state index is -3.85. The van der Waals surface area contributed by atoms with Crippen LogP contribution in [0.2, 0.25) is 0 Å². The largest absolute Gasteiger partial charge is 0.456 e. The third kappa shape index (κ3) is 4.22. The smallest absolute Gasteiger partial charge is 0.404 e. The van der Waals surface area contributed by atoms with Gasteiger partial charge in [-0.3, -0.25) is 9.36 Å². The van der Waals surface area contributed by atoms with Crippen molar-refractivity contribution in [2.45, 2.75) is 19.6 Å². The fourth-order valence-electron chi connectivity index (χ4n) is 1.30. The molecule has 0 radical (unpaired) electrons. The first-order valence-electron chi connectivity index (χ1n) is 5.61. The standard InChI is InChI=1S/C11H14NO5PS/c1-3-15-18(14,16-4-2)11(13)10-6-5-9(17-10)7-19-8-12/h5-6H,3-4,7H2,1-2H3. The van der Waals surface area contributed by atoms with Gasteiger partial charge in [-0.1, -0.05) is 0 Å². The second-order valence-electron chi connectivity index (χ2n) is 3.28. The van der Waals surface area contributed by atoms with E-state index in [0.29, 0.717) is 11.5 Å². The fraction of sp³-hybridized carbons (Fsp3) is 0.455. The summed E-state index contributed by atoms with van der Waals surface area (Å²) in [6.07, 6.45) is 0. The van der Waals surface area contributed by atoms with Gasteiger partial charge >= 0.3 is 13.1 Å². The summed E-state index contributed by atoms with van der Waals surface area (Å²) in [5.41, 5.74) is -0.801. The Labute approximate surface area is 115 Å². The molecule has 1 heterocycles. The van der Waals surface area contributed by atoms with Gasteiger partial charge in [-0.15, -0.1) is 0 Å². The predicted molar refractivity (Wildman–Crippen MR) is 70.8 cm³/mol. The number of carbonyl (C=O) groups is 1. The second kappa shape index (κ2) is 7.51. The van der Waals surface area contributed by atoms with Crippen molar-refractivity contribution in [3.05, 3.63) is 23.7 Å². The van der Waals surface area contributed by atoms with E-state index >= 15 is 0 Å². The zero-order chi connectivity index (χ0) is 14.3. The first kappa shape index (κ1) is 16.0. The molecule has 1 aromatic rings. The Morgan fingerprint density at radius 2 is 2.05 bits per heavy atom. The van der Waals surface area contributed by atoms with Gasteiger partial charge in [0.1, 0.15) is 11.2 Å². The predicted octanol–water partition coefficient (Wildman–Crippen LogP) is 3.40. The van der Waals surface area contributed by atoms with Crippen LogP contribution in [0.4, 0.5) is 0 Å². The van der Waals surface area contributed by atoms with E-state index in [1.54, 1.807) is 19.9 Å². The summed E-state index contributed by atoms with van der Waals surface area (Å²) in [6.45, 7) is 3.44. The van der Waals surface area contributed by atoms with Crippen LogP contribution in [0.3, 0.4) is 0 Å². The fourth-order valence-corrected chi connectivity index (χ4v) is 3.04. The van der Waals surface area contributed by atoms with Gasteiger partial charge in [0.15, 0.2) is 5.76 Å². The lowest BCUT2D eigenvalue weighted by molar-refractivity contribution is 0.0975. The Hall–Kier alpha value is -1.06. The number of thioether (sulfide) groups is 1. The third-order valence-corrected chi connectivity index (χ3v) is 4.47. The number of nitriles is 1. The van der Waals surface area contributed by atoms with Crippen molar-refractivity contribution < 1.29 is 22.8 Å². The molecule has 0 aliphatic rings. The molecule has 0 aliphatic carbocycles. The molecule has 0 saturated carbocycles. The Kier molecular flexibility index (Phi) is 6.32. The van der Waals surface area contributed by atoms with E-state index in [9.17, 15) is 9.36 Å². The first-order valence-corrected chi connectivity index (χ1v) is 8.13. The lowest BCUT2D eigenvalue weighted by Gasteiger charge is -2.13. The lowest BCUT2D eigenvalue weighted by Crippen LogP contribution is -2.06. The zero-order valence-electron chi connectivity index (χ0n) is 10.6. The highest BCUT2D eigenvalue weighted by Gasteiger charge is 2.37. The lowest BCUT2D eigenvalue weighted by atomic mass is 10.4. The van der Waals surface area contributed by atoms with Crippen LogP contribution in [0, 0.1) is 10.7 Å². The Bertz CT molecular complexity index is 511. The number of hydrogen-bond acceptors (Lipinski definition) is 7. The van der Waals surface area contributed by atoms with E-state index in [1.807, 2.05) is 5.40 Å². The normalized spacial score (nSPS) is 11.2. The van der Waals surface area contributed by atoms with Crippen LogP contribution in [-0.4, -0.2) is 18.7 Å². The van der Waals surface area contributed by atoms with Gasteiger partial charge < -0.3 is 13.5 Å². The van der Waals surface area contributed by atoms with Crippen LogP contribution in [0.25, 0.3) is 0 Å². The van der Waals surface area contributed by atoms with Crippen LogP contribution in [0.5, 0.6) is 0 Å². The molecule has 1 rings (SSSR count). The summed E-state index contributed by atoms with van der Waals surface area (Å²) in [4.78, 5) is 12.1. The summed E-state index contributed by atoms with van der Waals surface area (Å²) < 4.78 is 27.3. The molecule has 0 saturated heterocycles. The molecule has 0 N–H and O–H groups in total. The van der Waals surface area contributed by atoms with Gasteiger partial charge in [0, 0.05) is 0 Å². The number of rotatable bonds is 8. The molecule has 0 aromatic carbocycles. The van der Waals surface area contributed by atoms with Crippen LogP contribution >= 0.6 is 19.4 Å². The first-order chi connectivity index (χ1) is 9.07. The van der Waals surface area contributed by atoms with E-state index in [4.69, 9.17) is 18.7 Å². The maximum atomic E-state index is 12.2. The van der Waals surface area contributed by atoms with Crippen molar-refractivity contribution in [3.8, 4) is 5.40 Å². The Morgan fingerprint density at radius 3 is 2.58 bits per heavy atom. The minimum absolute atomic E-state index is 0.0845. The van der Waals surface area contributed by atoms with Crippen molar-refractivity contribution in [2.24, 2.45) is 0 Å². The monoisotopic (exact) mass is 303 g/mol. The SMILES string of the molecule is CCOP(=O)(OCC)C(=O)c1ccc(CSC#N)o1. The van der Waals surface area contributed by atoms with E-state index in [1.165, 1.54) is 6.07 Å². The molecular weight excluding hydrogens is 289 g/mol. The second-order valence-corrected chi connectivity index (χ2v) is 5.96. The minimum Gasteiger partial charge on any atom is -0.456 e. The summed E-state index contributed by atoms with van der Waals surface area (Å²) in [5.74, 6) is 0.686. The average molecular weight is 303 g/mol. The summed E-state index contributed by atoms with van der Waals surface area (Å²) in [5, 5.41) is 10.3. The highest BCUT2D eigenvalue weighted by Crippen LogP contribution is 2.51. The highest BCUT2D eigenvalue weighted by molar-refractivity contribution is 8.02. The Balaban J connectivity index is 2.88. The van der Waals surface area contributed by atoms with Crippen molar-refractivity contribution in [1.82, 2.24) is 0 Å². The van der Waals surface area contributed by atoms with Crippen molar-refractivity contribution in [3.63, 3.8) is 0 Å². The van der Waals surface area contributed by atoms with Crippen LogP contribution < -0.4 is 0 Å². The molecule has 19 heavy (non-hydrogen) atoms. The van der Waals surface area contributed by atoms with Crippen LogP contribution in [-0.2, 0) is 19.4 Å². The van der Waals surface area contributed by atoms with Crippen LogP contribution in [0.1, 0.15) is 30.2 Å².